The highest BCUT2D eigenvalue weighted by molar-refractivity contribution is 4.94. The van der Waals surface area contributed by atoms with Crippen molar-refractivity contribution in [2.75, 3.05) is 0 Å². The van der Waals surface area contributed by atoms with E-state index < -0.39 is 6.17 Å². The number of halogens is 1. The van der Waals surface area contributed by atoms with Crippen LogP contribution in [0.1, 0.15) is 26.7 Å². The highest BCUT2D eigenvalue weighted by atomic mass is 19.1. The lowest BCUT2D eigenvalue weighted by atomic mass is 10.3. The van der Waals surface area contributed by atoms with Gasteiger partial charge in [-0.15, -0.1) is 0 Å². The molecule has 1 aliphatic carbocycles. The summed E-state index contributed by atoms with van der Waals surface area (Å²) in [4.78, 5) is 0. The molecule has 0 bridgehead atoms. The van der Waals surface area contributed by atoms with E-state index in [-0.39, 0.29) is 0 Å². The van der Waals surface area contributed by atoms with Gasteiger partial charge in [-0.2, -0.15) is 0 Å². The van der Waals surface area contributed by atoms with Crippen molar-refractivity contribution in [3.8, 4) is 0 Å². The molecule has 0 aromatic carbocycles. The second-order valence-electron chi connectivity index (χ2n) is 1.54. The number of hydrogen-bond donors (Lipinski definition) is 0. The van der Waals surface area contributed by atoms with E-state index in [9.17, 15) is 4.39 Å². The van der Waals surface area contributed by atoms with Crippen molar-refractivity contribution in [2.24, 2.45) is 0 Å². The van der Waals surface area contributed by atoms with E-state index in [2.05, 4.69) is 0 Å². The molecule has 0 N–H and O–H groups in total. The molecule has 0 fully saturated rings. The zero-order chi connectivity index (χ0) is 6.41. The molecule has 0 radical (unpaired) electrons. The number of hydrogen-bond acceptors (Lipinski definition) is 0. The van der Waals surface area contributed by atoms with E-state index in [4.69, 9.17) is 0 Å². The average molecular weight is 116 g/mol. The third-order valence-electron chi connectivity index (χ3n) is 0.950. The van der Waals surface area contributed by atoms with E-state index in [0.717, 1.165) is 0 Å². The van der Waals surface area contributed by atoms with Gasteiger partial charge in [-0.25, -0.2) is 4.39 Å². The molecule has 0 atom stereocenters. The fraction of sp³-hybridized carbons (Fsp3) is 0.714. The van der Waals surface area contributed by atoms with Gasteiger partial charge in [-0.3, -0.25) is 0 Å². The van der Waals surface area contributed by atoms with E-state index in [1.54, 1.807) is 0 Å². The quantitative estimate of drug-likeness (QED) is 0.427. The van der Waals surface area contributed by atoms with Gasteiger partial charge in [-0.05, 0) is 12.8 Å². The van der Waals surface area contributed by atoms with Crippen molar-refractivity contribution in [3.63, 3.8) is 0 Å². The molecule has 1 rings (SSSR count). The van der Waals surface area contributed by atoms with Crippen molar-refractivity contribution < 1.29 is 4.39 Å². The highest BCUT2D eigenvalue weighted by Crippen LogP contribution is 2.11. The first-order chi connectivity index (χ1) is 3.89. The third kappa shape index (κ3) is 2.78. The van der Waals surface area contributed by atoms with Gasteiger partial charge in [0.05, 0.1) is 0 Å². The molecular formula is C7H13F. The van der Waals surface area contributed by atoms with E-state index >= 15 is 0 Å². The second-order valence-corrected chi connectivity index (χ2v) is 1.54. The zero-order valence-electron chi connectivity index (χ0n) is 5.52. The van der Waals surface area contributed by atoms with Crippen LogP contribution < -0.4 is 0 Å². The number of allylic oxidation sites excluding steroid dienone is 2. The SMILES string of the molecule is CC.FC1CC=CC1. The molecule has 8 heavy (non-hydrogen) atoms. The predicted octanol–water partition coefficient (Wildman–Crippen LogP) is 2.70. The summed E-state index contributed by atoms with van der Waals surface area (Å²) in [6, 6.07) is 0. The standard InChI is InChI=1S/C5H7F.C2H6/c6-5-3-1-2-4-5;1-2/h1-2,5H,3-4H2;1-2H3. The lowest BCUT2D eigenvalue weighted by Crippen LogP contribution is -1.86. The zero-order valence-corrected chi connectivity index (χ0v) is 5.52. The summed E-state index contributed by atoms with van der Waals surface area (Å²) in [5.41, 5.74) is 0. The van der Waals surface area contributed by atoms with Crippen LogP contribution in [0, 0.1) is 0 Å². The fourth-order valence-corrected chi connectivity index (χ4v) is 0.584. The smallest absolute Gasteiger partial charge is 0.107 e. The van der Waals surface area contributed by atoms with Crippen LogP contribution in [0.4, 0.5) is 4.39 Å². The Labute approximate surface area is 50.4 Å². The second kappa shape index (κ2) is 4.82. The number of alkyl halides is 1. The summed E-state index contributed by atoms with van der Waals surface area (Å²) in [6.07, 6.45) is 4.47. The third-order valence-corrected chi connectivity index (χ3v) is 0.950. The molecule has 0 aromatic rings. The highest BCUT2D eigenvalue weighted by Gasteiger charge is 2.04. The largest absolute Gasteiger partial charge is 0.247 e. The molecule has 1 heteroatoms. The lowest BCUT2D eigenvalue weighted by Gasteiger charge is -1.87. The molecular weight excluding hydrogens is 103 g/mol. The molecule has 0 saturated carbocycles. The molecule has 0 aromatic heterocycles. The Morgan fingerprint density at radius 3 is 1.75 bits per heavy atom. The maximum absolute atomic E-state index is 11.9. The van der Waals surface area contributed by atoms with Crippen LogP contribution in [-0.2, 0) is 0 Å². The van der Waals surface area contributed by atoms with Crippen LogP contribution in [-0.4, -0.2) is 6.17 Å². The Morgan fingerprint density at radius 1 is 1.25 bits per heavy atom. The summed E-state index contributed by atoms with van der Waals surface area (Å²) >= 11 is 0. The first kappa shape index (κ1) is 7.67. The maximum atomic E-state index is 11.9. The minimum Gasteiger partial charge on any atom is -0.247 e. The van der Waals surface area contributed by atoms with Crippen LogP contribution in [0.2, 0.25) is 0 Å². The summed E-state index contributed by atoms with van der Waals surface area (Å²) in [5, 5.41) is 0. The van der Waals surface area contributed by atoms with Gasteiger partial charge in [-0.1, -0.05) is 26.0 Å². The molecule has 0 nitrogen and oxygen atoms in total. The average Bonchev–Trinajstić information content (AvgIpc) is 2.24. The maximum Gasteiger partial charge on any atom is 0.107 e. The summed E-state index contributed by atoms with van der Waals surface area (Å²) in [5.74, 6) is 0. The van der Waals surface area contributed by atoms with E-state index in [1.807, 2.05) is 26.0 Å². The summed E-state index contributed by atoms with van der Waals surface area (Å²) < 4.78 is 11.9. The van der Waals surface area contributed by atoms with Crippen LogP contribution in [0.5, 0.6) is 0 Å². The first-order valence-corrected chi connectivity index (χ1v) is 3.18. The normalized spacial score (nSPS) is 17.9. The Balaban J connectivity index is 0.000000222. The summed E-state index contributed by atoms with van der Waals surface area (Å²) in [7, 11) is 0. The fourth-order valence-electron chi connectivity index (χ4n) is 0.584. The van der Waals surface area contributed by atoms with Gasteiger partial charge >= 0.3 is 0 Å². The molecule has 0 heterocycles. The van der Waals surface area contributed by atoms with Gasteiger partial charge in [0, 0.05) is 0 Å². The van der Waals surface area contributed by atoms with E-state index in [1.165, 1.54) is 0 Å². The van der Waals surface area contributed by atoms with Gasteiger partial charge in [0.1, 0.15) is 6.17 Å². The van der Waals surface area contributed by atoms with Crippen molar-refractivity contribution in [3.05, 3.63) is 12.2 Å². The van der Waals surface area contributed by atoms with Crippen molar-refractivity contribution in [1.82, 2.24) is 0 Å². The molecule has 48 valence electrons. The topological polar surface area (TPSA) is 0 Å². The minimum atomic E-state index is -0.565. The van der Waals surface area contributed by atoms with E-state index in [0.29, 0.717) is 12.8 Å². The van der Waals surface area contributed by atoms with Crippen LogP contribution in [0.15, 0.2) is 12.2 Å². The minimum absolute atomic E-state index is 0.565. The van der Waals surface area contributed by atoms with Gasteiger partial charge in [0.2, 0.25) is 0 Å². The van der Waals surface area contributed by atoms with Crippen LogP contribution in [0.25, 0.3) is 0 Å². The Morgan fingerprint density at radius 2 is 1.62 bits per heavy atom. The molecule has 0 aliphatic heterocycles. The van der Waals surface area contributed by atoms with Crippen molar-refractivity contribution in [1.29, 1.82) is 0 Å². The van der Waals surface area contributed by atoms with Gasteiger partial charge in [0.15, 0.2) is 0 Å². The van der Waals surface area contributed by atoms with Crippen LogP contribution in [0.3, 0.4) is 0 Å². The molecule has 0 spiro atoms. The first-order valence-electron chi connectivity index (χ1n) is 3.18. The molecule has 0 saturated heterocycles. The van der Waals surface area contributed by atoms with Crippen molar-refractivity contribution in [2.45, 2.75) is 32.9 Å². The monoisotopic (exact) mass is 116 g/mol. The Hall–Kier alpha value is -0.330. The number of rotatable bonds is 0. The van der Waals surface area contributed by atoms with Gasteiger partial charge < -0.3 is 0 Å². The van der Waals surface area contributed by atoms with Crippen LogP contribution >= 0.6 is 0 Å². The predicted molar refractivity (Wildman–Crippen MR) is 34.6 cm³/mol. The molecule has 1 aliphatic rings. The Kier molecular flexibility index (Phi) is 4.62. The molecule has 0 amide bonds. The molecule has 0 unspecified atom stereocenters. The van der Waals surface area contributed by atoms with Crippen molar-refractivity contribution >= 4 is 0 Å². The lowest BCUT2D eigenvalue weighted by molar-refractivity contribution is 0.353. The summed E-state index contributed by atoms with van der Waals surface area (Å²) in [6.45, 7) is 4.00. The van der Waals surface area contributed by atoms with Gasteiger partial charge in [0.25, 0.3) is 0 Å². The Bertz CT molecular complexity index is 58.8.